The van der Waals surface area contributed by atoms with E-state index >= 15 is 0 Å². The predicted octanol–water partition coefficient (Wildman–Crippen LogP) is 2.63. The van der Waals surface area contributed by atoms with Crippen molar-refractivity contribution < 1.29 is 14.7 Å². The van der Waals surface area contributed by atoms with Crippen molar-refractivity contribution in [2.75, 3.05) is 13.1 Å². The number of carboxylic acids is 1. The number of carbonyl (C=O) groups excluding carboxylic acids is 1. The molecular weight excluding hydrogens is 324 g/mol. The molecule has 1 aliphatic rings. The summed E-state index contributed by atoms with van der Waals surface area (Å²) in [5.74, 6) is -1.28. The number of aliphatic carboxylic acids is 1. The lowest BCUT2D eigenvalue weighted by molar-refractivity contribution is -0.141. The monoisotopic (exact) mass is 340 g/mol. The fraction of sp³-hybridized carbons (Fsp3) is 0.429. The Balaban J connectivity index is 1.93. The molecule has 5 nitrogen and oxygen atoms in total. The van der Waals surface area contributed by atoms with Crippen LogP contribution in [0.1, 0.15) is 24.9 Å². The predicted molar refractivity (Wildman–Crippen MR) is 78.4 cm³/mol. The highest BCUT2D eigenvalue weighted by Crippen LogP contribution is 2.20. The first-order valence-electron chi connectivity index (χ1n) is 6.51. The van der Waals surface area contributed by atoms with Crippen LogP contribution in [0.15, 0.2) is 28.7 Å². The lowest BCUT2D eigenvalue weighted by atomic mass is 10.1. The average molecular weight is 341 g/mol. The van der Waals surface area contributed by atoms with Crippen LogP contribution in [0.2, 0.25) is 0 Å². The maximum absolute atomic E-state index is 12.1. The van der Waals surface area contributed by atoms with Gasteiger partial charge >= 0.3 is 12.0 Å². The molecule has 2 atom stereocenters. The molecule has 2 unspecified atom stereocenters. The number of likely N-dealkylation sites (tertiary alicyclic amines) is 1. The normalized spacial score (nSPS) is 19.7. The molecule has 1 aliphatic heterocycles. The number of hydrogen-bond donors (Lipinski definition) is 2. The van der Waals surface area contributed by atoms with E-state index in [2.05, 4.69) is 21.2 Å². The maximum atomic E-state index is 12.1. The molecule has 0 spiro atoms. The zero-order valence-corrected chi connectivity index (χ0v) is 12.8. The third-order valence-corrected chi connectivity index (χ3v) is 4.01. The molecule has 1 heterocycles. The molecule has 20 heavy (non-hydrogen) atoms. The second-order valence-electron chi connectivity index (χ2n) is 5.00. The summed E-state index contributed by atoms with van der Waals surface area (Å²) in [7, 11) is 0. The molecule has 0 saturated carbocycles. The van der Waals surface area contributed by atoms with Crippen molar-refractivity contribution in [2.45, 2.75) is 19.4 Å². The smallest absolute Gasteiger partial charge is 0.317 e. The highest BCUT2D eigenvalue weighted by Gasteiger charge is 2.31. The van der Waals surface area contributed by atoms with Gasteiger partial charge in [-0.05, 0) is 31.0 Å². The van der Waals surface area contributed by atoms with Gasteiger partial charge in [0.05, 0.1) is 12.0 Å². The van der Waals surface area contributed by atoms with Crippen LogP contribution < -0.4 is 5.32 Å². The van der Waals surface area contributed by atoms with Crippen LogP contribution in [0, 0.1) is 5.92 Å². The summed E-state index contributed by atoms with van der Waals surface area (Å²) in [6, 6.07) is 7.41. The van der Waals surface area contributed by atoms with Gasteiger partial charge in [0.1, 0.15) is 0 Å². The third kappa shape index (κ3) is 3.50. The topological polar surface area (TPSA) is 69.6 Å². The number of carbonyl (C=O) groups is 2. The van der Waals surface area contributed by atoms with Crippen LogP contribution in [0.4, 0.5) is 4.79 Å². The van der Waals surface area contributed by atoms with Crippen LogP contribution in [0.3, 0.4) is 0 Å². The van der Waals surface area contributed by atoms with Gasteiger partial charge < -0.3 is 15.3 Å². The van der Waals surface area contributed by atoms with Crippen LogP contribution >= 0.6 is 15.9 Å². The standard InChI is InChI=1S/C14H17BrN2O3/c1-9(10-3-2-4-12(15)7-10)16-14(20)17-6-5-11(8-17)13(18)19/h2-4,7,9,11H,5-6,8H2,1H3,(H,16,20)(H,18,19). The van der Waals surface area contributed by atoms with Gasteiger partial charge in [0.25, 0.3) is 0 Å². The highest BCUT2D eigenvalue weighted by atomic mass is 79.9. The summed E-state index contributed by atoms with van der Waals surface area (Å²) in [6.07, 6.45) is 0.522. The average Bonchev–Trinajstić information content (AvgIpc) is 2.88. The van der Waals surface area contributed by atoms with Crippen LogP contribution in [0.5, 0.6) is 0 Å². The minimum absolute atomic E-state index is 0.121. The maximum Gasteiger partial charge on any atom is 0.317 e. The Bertz CT molecular complexity index is 521. The van der Waals surface area contributed by atoms with Crippen molar-refractivity contribution in [3.63, 3.8) is 0 Å². The second kappa shape index (κ2) is 6.26. The molecule has 1 aromatic rings. The Hall–Kier alpha value is -1.56. The Morgan fingerprint density at radius 1 is 1.50 bits per heavy atom. The zero-order valence-electron chi connectivity index (χ0n) is 11.2. The number of urea groups is 1. The Labute approximate surface area is 126 Å². The van der Waals surface area contributed by atoms with Crippen LogP contribution in [0.25, 0.3) is 0 Å². The summed E-state index contributed by atoms with van der Waals surface area (Å²) < 4.78 is 0.961. The molecule has 0 aliphatic carbocycles. The Morgan fingerprint density at radius 3 is 2.85 bits per heavy atom. The van der Waals surface area contributed by atoms with Gasteiger partial charge in [-0.15, -0.1) is 0 Å². The number of rotatable bonds is 3. The van der Waals surface area contributed by atoms with Gasteiger partial charge in [-0.1, -0.05) is 28.1 Å². The molecule has 0 bridgehead atoms. The molecule has 1 aromatic carbocycles. The van der Waals surface area contributed by atoms with Crippen molar-refractivity contribution in [2.24, 2.45) is 5.92 Å². The lowest BCUT2D eigenvalue weighted by Gasteiger charge is -2.21. The molecule has 6 heteroatoms. The van der Waals surface area contributed by atoms with E-state index in [4.69, 9.17) is 5.11 Å². The molecule has 0 radical (unpaired) electrons. The van der Waals surface area contributed by atoms with E-state index in [9.17, 15) is 9.59 Å². The second-order valence-corrected chi connectivity index (χ2v) is 5.91. The van der Waals surface area contributed by atoms with E-state index in [1.165, 1.54) is 0 Å². The number of hydrogen-bond acceptors (Lipinski definition) is 2. The summed E-state index contributed by atoms with van der Waals surface area (Å²) in [6.45, 7) is 2.69. The Kier molecular flexibility index (Phi) is 4.65. The van der Waals surface area contributed by atoms with E-state index < -0.39 is 11.9 Å². The summed E-state index contributed by atoms with van der Waals surface area (Å²) in [4.78, 5) is 24.5. The molecule has 1 saturated heterocycles. The number of carboxylic acid groups (broad SMARTS) is 1. The van der Waals surface area contributed by atoms with Crippen molar-refractivity contribution in [3.05, 3.63) is 34.3 Å². The summed E-state index contributed by atoms with van der Waals surface area (Å²) >= 11 is 3.40. The van der Waals surface area contributed by atoms with Crippen molar-refractivity contribution in [1.29, 1.82) is 0 Å². The summed E-state index contributed by atoms with van der Waals surface area (Å²) in [5, 5.41) is 11.8. The number of halogens is 1. The number of nitrogens with zero attached hydrogens (tertiary/aromatic N) is 1. The van der Waals surface area contributed by atoms with E-state index in [1.54, 1.807) is 4.90 Å². The number of benzene rings is 1. The fourth-order valence-corrected chi connectivity index (χ4v) is 2.70. The molecule has 108 valence electrons. The largest absolute Gasteiger partial charge is 0.481 e. The molecule has 0 aromatic heterocycles. The van der Waals surface area contributed by atoms with Crippen molar-refractivity contribution in [3.8, 4) is 0 Å². The first-order chi connectivity index (χ1) is 9.47. The fourth-order valence-electron chi connectivity index (χ4n) is 2.28. The van der Waals surface area contributed by atoms with Crippen LogP contribution in [-0.2, 0) is 4.79 Å². The first-order valence-corrected chi connectivity index (χ1v) is 7.30. The quantitative estimate of drug-likeness (QED) is 0.888. The minimum atomic E-state index is -0.833. The van der Waals surface area contributed by atoms with Crippen LogP contribution in [-0.4, -0.2) is 35.1 Å². The molecule has 2 N–H and O–H groups in total. The SMILES string of the molecule is CC(NC(=O)N1CCC(C(=O)O)C1)c1cccc(Br)c1. The third-order valence-electron chi connectivity index (χ3n) is 3.51. The van der Waals surface area contributed by atoms with Gasteiger partial charge in [-0.25, -0.2) is 4.79 Å². The lowest BCUT2D eigenvalue weighted by Crippen LogP contribution is -2.40. The first kappa shape index (κ1) is 14.8. The molecular formula is C14H17BrN2O3. The Morgan fingerprint density at radius 2 is 2.25 bits per heavy atom. The van der Waals surface area contributed by atoms with E-state index in [-0.39, 0.29) is 18.6 Å². The van der Waals surface area contributed by atoms with E-state index in [1.807, 2.05) is 31.2 Å². The van der Waals surface area contributed by atoms with Crippen molar-refractivity contribution in [1.82, 2.24) is 10.2 Å². The van der Waals surface area contributed by atoms with Gasteiger partial charge in [0, 0.05) is 17.6 Å². The molecule has 2 amide bonds. The number of amides is 2. The summed E-state index contributed by atoms with van der Waals surface area (Å²) in [5.41, 5.74) is 1.00. The van der Waals surface area contributed by atoms with Gasteiger partial charge in [-0.2, -0.15) is 0 Å². The van der Waals surface area contributed by atoms with E-state index in [0.29, 0.717) is 13.0 Å². The van der Waals surface area contributed by atoms with Crippen molar-refractivity contribution >= 4 is 27.9 Å². The van der Waals surface area contributed by atoms with Gasteiger partial charge in [-0.3, -0.25) is 4.79 Å². The van der Waals surface area contributed by atoms with Gasteiger partial charge in [0.15, 0.2) is 0 Å². The highest BCUT2D eigenvalue weighted by molar-refractivity contribution is 9.10. The minimum Gasteiger partial charge on any atom is -0.481 e. The number of nitrogens with one attached hydrogen (secondary N) is 1. The van der Waals surface area contributed by atoms with Gasteiger partial charge in [0.2, 0.25) is 0 Å². The molecule has 2 rings (SSSR count). The zero-order chi connectivity index (χ0) is 14.7. The molecule has 1 fully saturated rings. The van der Waals surface area contributed by atoms with E-state index in [0.717, 1.165) is 10.0 Å².